The molecule has 1 fully saturated rings. The van der Waals surface area contributed by atoms with Gasteiger partial charge in [0.05, 0.1) is 0 Å². The van der Waals surface area contributed by atoms with E-state index in [9.17, 15) is 9.18 Å². The molecule has 0 spiro atoms. The molecule has 104 valence electrons. The number of nitrogen functional groups attached to an aromatic ring is 1. The largest absolute Gasteiger partial charge is 0.399 e. The van der Waals surface area contributed by atoms with Crippen molar-refractivity contribution in [2.24, 2.45) is 11.8 Å². The van der Waals surface area contributed by atoms with Crippen molar-refractivity contribution in [2.75, 3.05) is 12.3 Å². The van der Waals surface area contributed by atoms with Crippen molar-refractivity contribution in [2.45, 2.75) is 32.6 Å². The van der Waals surface area contributed by atoms with Crippen LogP contribution in [-0.2, 0) is 0 Å². The molecule has 3 nitrogen and oxygen atoms in total. The van der Waals surface area contributed by atoms with E-state index in [1.54, 1.807) is 0 Å². The van der Waals surface area contributed by atoms with Gasteiger partial charge in [-0.1, -0.05) is 26.2 Å². The summed E-state index contributed by atoms with van der Waals surface area (Å²) < 4.78 is 13.2. The monoisotopic (exact) mass is 264 g/mol. The molecule has 0 bridgehead atoms. The van der Waals surface area contributed by atoms with E-state index in [-0.39, 0.29) is 11.6 Å². The summed E-state index contributed by atoms with van der Waals surface area (Å²) in [5, 5.41) is 2.89. The van der Waals surface area contributed by atoms with E-state index in [2.05, 4.69) is 12.2 Å². The molecule has 1 saturated carbocycles. The lowest BCUT2D eigenvalue weighted by atomic mass is 9.80. The van der Waals surface area contributed by atoms with Crippen molar-refractivity contribution in [3.05, 3.63) is 29.6 Å². The third kappa shape index (κ3) is 3.69. The summed E-state index contributed by atoms with van der Waals surface area (Å²) in [4.78, 5) is 12.0. The second-order valence-corrected chi connectivity index (χ2v) is 5.51. The van der Waals surface area contributed by atoms with Crippen molar-refractivity contribution in [1.82, 2.24) is 5.32 Å². The molecule has 0 aromatic heterocycles. The summed E-state index contributed by atoms with van der Waals surface area (Å²) in [7, 11) is 0. The maximum Gasteiger partial charge on any atom is 0.251 e. The van der Waals surface area contributed by atoms with Crippen LogP contribution in [0.25, 0.3) is 0 Å². The van der Waals surface area contributed by atoms with Gasteiger partial charge in [-0.2, -0.15) is 0 Å². The third-order valence-corrected chi connectivity index (χ3v) is 4.00. The number of nitrogens with one attached hydrogen (secondary N) is 1. The first-order valence-corrected chi connectivity index (χ1v) is 6.90. The number of anilines is 1. The van der Waals surface area contributed by atoms with Crippen LogP contribution in [0.1, 0.15) is 43.0 Å². The van der Waals surface area contributed by atoms with Gasteiger partial charge in [0.25, 0.3) is 5.91 Å². The Balaban J connectivity index is 1.93. The summed E-state index contributed by atoms with van der Waals surface area (Å²) in [6.07, 6.45) is 4.91. The average Bonchev–Trinajstić information content (AvgIpc) is 2.36. The molecule has 3 N–H and O–H groups in total. The minimum Gasteiger partial charge on any atom is -0.399 e. The topological polar surface area (TPSA) is 55.1 Å². The first-order chi connectivity index (χ1) is 9.06. The highest BCUT2D eigenvalue weighted by Crippen LogP contribution is 2.28. The van der Waals surface area contributed by atoms with Crippen LogP contribution in [0.2, 0.25) is 0 Å². The maximum absolute atomic E-state index is 13.2. The van der Waals surface area contributed by atoms with Gasteiger partial charge in [0.15, 0.2) is 0 Å². The van der Waals surface area contributed by atoms with Gasteiger partial charge in [-0.15, -0.1) is 0 Å². The number of hydrogen-bond acceptors (Lipinski definition) is 2. The molecule has 1 amide bonds. The highest BCUT2D eigenvalue weighted by Gasteiger charge is 2.21. The lowest BCUT2D eigenvalue weighted by Crippen LogP contribution is -2.33. The fourth-order valence-electron chi connectivity index (χ4n) is 2.77. The second-order valence-electron chi connectivity index (χ2n) is 5.51. The van der Waals surface area contributed by atoms with Crippen molar-refractivity contribution >= 4 is 11.6 Å². The first kappa shape index (κ1) is 13.8. The number of carbonyl (C=O) groups is 1. The molecule has 19 heavy (non-hydrogen) atoms. The fourth-order valence-corrected chi connectivity index (χ4v) is 2.77. The standard InChI is InChI=1S/C15H21FN2O/c1-10-4-2-3-5-11(10)9-18-15(19)12-6-13(16)8-14(17)7-12/h6-8,10-11H,2-5,9,17H2,1H3,(H,18,19). The fraction of sp³-hybridized carbons (Fsp3) is 0.533. The average molecular weight is 264 g/mol. The van der Waals surface area contributed by atoms with Crippen LogP contribution in [0.3, 0.4) is 0 Å². The number of benzene rings is 1. The molecule has 2 unspecified atom stereocenters. The van der Waals surface area contributed by atoms with E-state index < -0.39 is 5.82 Å². The Morgan fingerprint density at radius 1 is 1.37 bits per heavy atom. The molecule has 2 atom stereocenters. The van der Waals surface area contributed by atoms with Crippen molar-refractivity contribution in [1.29, 1.82) is 0 Å². The van der Waals surface area contributed by atoms with Crippen LogP contribution in [-0.4, -0.2) is 12.5 Å². The molecule has 1 aromatic rings. The Bertz CT molecular complexity index is 441. The smallest absolute Gasteiger partial charge is 0.251 e. The molecule has 1 aromatic carbocycles. The van der Waals surface area contributed by atoms with Gasteiger partial charge >= 0.3 is 0 Å². The van der Waals surface area contributed by atoms with E-state index in [1.807, 2.05) is 0 Å². The molecule has 4 heteroatoms. The lowest BCUT2D eigenvalue weighted by molar-refractivity contribution is 0.0936. The third-order valence-electron chi connectivity index (χ3n) is 4.00. The van der Waals surface area contributed by atoms with Crippen LogP contribution in [0, 0.1) is 17.7 Å². The molecule has 1 aliphatic rings. The van der Waals surface area contributed by atoms with Crippen molar-refractivity contribution in [3.8, 4) is 0 Å². The zero-order valence-electron chi connectivity index (χ0n) is 11.3. The van der Waals surface area contributed by atoms with Crippen LogP contribution in [0.5, 0.6) is 0 Å². The minimum absolute atomic E-state index is 0.246. The number of nitrogens with two attached hydrogens (primary N) is 1. The van der Waals surface area contributed by atoms with E-state index in [4.69, 9.17) is 5.73 Å². The predicted molar refractivity (Wildman–Crippen MR) is 74.3 cm³/mol. The van der Waals surface area contributed by atoms with Gasteiger partial charge in [-0.25, -0.2) is 4.39 Å². The normalized spacial score (nSPS) is 23.1. The first-order valence-electron chi connectivity index (χ1n) is 6.90. The Morgan fingerprint density at radius 2 is 2.11 bits per heavy atom. The van der Waals surface area contributed by atoms with Crippen LogP contribution < -0.4 is 11.1 Å². The maximum atomic E-state index is 13.2. The molecular weight excluding hydrogens is 243 g/mol. The van der Waals surface area contributed by atoms with Crippen molar-refractivity contribution in [3.63, 3.8) is 0 Å². The summed E-state index contributed by atoms with van der Waals surface area (Å²) >= 11 is 0. The molecule has 2 rings (SSSR count). The van der Waals surface area contributed by atoms with Gasteiger partial charge < -0.3 is 11.1 Å². The predicted octanol–water partition coefficient (Wildman–Crippen LogP) is 2.96. The lowest BCUT2D eigenvalue weighted by Gasteiger charge is -2.28. The highest BCUT2D eigenvalue weighted by molar-refractivity contribution is 5.95. The summed E-state index contributed by atoms with van der Waals surface area (Å²) in [5.74, 6) is 0.454. The Hall–Kier alpha value is -1.58. The zero-order valence-corrected chi connectivity index (χ0v) is 11.3. The number of hydrogen-bond donors (Lipinski definition) is 2. The van der Waals surface area contributed by atoms with E-state index in [0.29, 0.717) is 23.9 Å². The van der Waals surface area contributed by atoms with Gasteiger partial charge in [0.1, 0.15) is 5.82 Å². The van der Waals surface area contributed by atoms with E-state index >= 15 is 0 Å². The van der Waals surface area contributed by atoms with Crippen LogP contribution >= 0.6 is 0 Å². The van der Waals surface area contributed by atoms with Crippen LogP contribution in [0.15, 0.2) is 18.2 Å². The van der Waals surface area contributed by atoms with Crippen molar-refractivity contribution < 1.29 is 9.18 Å². The Kier molecular flexibility index (Phi) is 4.40. The number of amides is 1. The summed E-state index contributed by atoms with van der Waals surface area (Å²) in [5.41, 5.74) is 6.11. The van der Waals surface area contributed by atoms with Gasteiger partial charge in [0, 0.05) is 17.8 Å². The summed E-state index contributed by atoms with van der Waals surface area (Å²) in [6, 6.07) is 3.93. The second kappa shape index (κ2) is 6.04. The SMILES string of the molecule is CC1CCCCC1CNC(=O)c1cc(N)cc(F)c1. The molecule has 0 aliphatic heterocycles. The minimum atomic E-state index is -0.476. The van der Waals surface area contributed by atoms with Gasteiger partial charge in [-0.3, -0.25) is 4.79 Å². The highest BCUT2D eigenvalue weighted by atomic mass is 19.1. The molecule has 0 saturated heterocycles. The molecule has 0 heterocycles. The number of carbonyl (C=O) groups excluding carboxylic acids is 1. The van der Waals surface area contributed by atoms with E-state index in [0.717, 1.165) is 6.42 Å². The Morgan fingerprint density at radius 3 is 2.79 bits per heavy atom. The van der Waals surface area contributed by atoms with E-state index in [1.165, 1.54) is 37.5 Å². The zero-order chi connectivity index (χ0) is 13.8. The van der Waals surface area contributed by atoms with Crippen LogP contribution in [0.4, 0.5) is 10.1 Å². The quantitative estimate of drug-likeness (QED) is 0.825. The molecule has 1 aliphatic carbocycles. The van der Waals surface area contributed by atoms with Gasteiger partial charge in [-0.05, 0) is 36.5 Å². The summed E-state index contributed by atoms with van der Waals surface area (Å²) in [6.45, 7) is 2.90. The molecular formula is C15H21FN2O. The molecule has 0 radical (unpaired) electrons. The Labute approximate surface area is 113 Å². The number of halogens is 1. The number of rotatable bonds is 3. The van der Waals surface area contributed by atoms with Gasteiger partial charge in [0.2, 0.25) is 0 Å².